The van der Waals surface area contributed by atoms with Crippen molar-refractivity contribution in [3.05, 3.63) is 60.0 Å². The van der Waals surface area contributed by atoms with Crippen LogP contribution in [0.3, 0.4) is 0 Å². The average molecular weight is 271 g/mol. The first-order valence-corrected chi connectivity index (χ1v) is 6.59. The molecule has 0 fully saturated rings. The largest absolute Gasteiger partial charge is 0.331 e. The molecular weight excluding hydrogens is 261 g/mol. The molecule has 0 radical (unpaired) electrons. The first-order valence-electron chi connectivity index (χ1n) is 5.71. The van der Waals surface area contributed by atoms with E-state index in [-0.39, 0.29) is 0 Å². The quantitative estimate of drug-likeness (QED) is 0.729. The third-order valence-electron chi connectivity index (χ3n) is 2.55. The summed E-state index contributed by atoms with van der Waals surface area (Å²) >= 11 is 1.48. The number of pyridine rings is 1. The van der Waals surface area contributed by atoms with Gasteiger partial charge in [-0.25, -0.2) is 9.97 Å². The molecule has 0 spiro atoms. The molecule has 2 heterocycles. The maximum Gasteiger partial charge on any atom is 0.214 e. The second-order valence-electron chi connectivity index (χ2n) is 3.90. The zero-order valence-electron chi connectivity index (χ0n) is 9.88. The Balaban J connectivity index is 1.82. The Morgan fingerprint density at radius 1 is 1.11 bits per heavy atom. The van der Waals surface area contributed by atoms with Gasteiger partial charge in [0.05, 0.1) is 5.69 Å². The minimum Gasteiger partial charge on any atom is -0.331 e. The summed E-state index contributed by atoms with van der Waals surface area (Å²) in [7, 11) is 0. The third-order valence-corrected chi connectivity index (χ3v) is 3.31. The molecule has 0 bridgehead atoms. The number of benzene rings is 1. The molecule has 3 rings (SSSR count). The van der Waals surface area contributed by atoms with Crippen molar-refractivity contribution in [1.82, 2.24) is 9.97 Å². The topological polar surface area (TPSA) is 37.8 Å². The molecule has 0 aliphatic rings. The van der Waals surface area contributed by atoms with Crippen LogP contribution in [0.5, 0.6) is 0 Å². The Labute approximate surface area is 113 Å². The van der Waals surface area contributed by atoms with E-state index in [0.717, 1.165) is 16.4 Å². The van der Waals surface area contributed by atoms with Crippen LogP contribution in [0, 0.1) is 5.95 Å². The Morgan fingerprint density at radius 2 is 1.95 bits per heavy atom. The van der Waals surface area contributed by atoms with Crippen LogP contribution in [0.15, 0.2) is 54.0 Å². The molecule has 0 amide bonds. The second-order valence-corrected chi connectivity index (χ2v) is 4.75. The highest BCUT2D eigenvalue weighted by Crippen LogP contribution is 2.26. The van der Waals surface area contributed by atoms with Gasteiger partial charge in [-0.05, 0) is 6.07 Å². The molecule has 0 unspecified atom stereocenters. The molecule has 0 aliphatic carbocycles. The SMILES string of the molecule is Fc1cc(Nc2nc(-c3ccccc3)cs2)ccn1. The first-order chi connectivity index (χ1) is 9.31. The fourth-order valence-electron chi connectivity index (χ4n) is 1.68. The standard InChI is InChI=1S/C14H10FN3S/c15-13-8-11(6-7-16-13)17-14-18-12(9-19-14)10-4-2-1-3-5-10/h1-9H,(H,16,17,18). The number of nitrogens with zero attached hydrogens (tertiary/aromatic N) is 2. The van der Waals surface area contributed by atoms with Gasteiger partial charge in [-0.2, -0.15) is 4.39 Å². The molecule has 1 N–H and O–H groups in total. The van der Waals surface area contributed by atoms with Crippen molar-refractivity contribution in [2.75, 3.05) is 5.32 Å². The minimum atomic E-state index is -0.509. The van der Waals surface area contributed by atoms with Crippen molar-refractivity contribution in [2.45, 2.75) is 0 Å². The number of hydrogen-bond donors (Lipinski definition) is 1. The van der Waals surface area contributed by atoms with Gasteiger partial charge < -0.3 is 5.32 Å². The van der Waals surface area contributed by atoms with Crippen LogP contribution < -0.4 is 5.32 Å². The molecule has 0 aliphatic heterocycles. The summed E-state index contributed by atoms with van der Waals surface area (Å²) in [6.07, 6.45) is 1.42. The number of thiazole rings is 1. The van der Waals surface area contributed by atoms with Crippen LogP contribution >= 0.6 is 11.3 Å². The normalized spacial score (nSPS) is 10.4. The molecule has 3 aromatic rings. The Hall–Kier alpha value is -2.27. The number of anilines is 2. The van der Waals surface area contributed by atoms with Crippen LogP contribution in [0.25, 0.3) is 11.3 Å². The predicted molar refractivity (Wildman–Crippen MR) is 75.0 cm³/mol. The van der Waals surface area contributed by atoms with Crippen LogP contribution in [-0.2, 0) is 0 Å². The Kier molecular flexibility index (Phi) is 3.20. The number of halogens is 1. The van der Waals surface area contributed by atoms with Gasteiger partial charge in [-0.1, -0.05) is 30.3 Å². The lowest BCUT2D eigenvalue weighted by Crippen LogP contribution is -1.91. The summed E-state index contributed by atoms with van der Waals surface area (Å²) in [5.74, 6) is -0.509. The van der Waals surface area contributed by atoms with E-state index in [0.29, 0.717) is 5.69 Å². The van der Waals surface area contributed by atoms with Crippen molar-refractivity contribution in [3.8, 4) is 11.3 Å². The first kappa shape index (κ1) is 11.8. The van der Waals surface area contributed by atoms with Crippen molar-refractivity contribution < 1.29 is 4.39 Å². The molecule has 94 valence electrons. The molecule has 19 heavy (non-hydrogen) atoms. The monoisotopic (exact) mass is 271 g/mol. The van der Waals surface area contributed by atoms with Crippen molar-refractivity contribution >= 4 is 22.2 Å². The lowest BCUT2D eigenvalue weighted by Gasteiger charge is -2.01. The van der Waals surface area contributed by atoms with Gasteiger partial charge in [-0.15, -0.1) is 11.3 Å². The zero-order valence-corrected chi connectivity index (χ0v) is 10.7. The molecule has 2 aromatic heterocycles. The maximum atomic E-state index is 13.0. The summed E-state index contributed by atoms with van der Waals surface area (Å²) in [5.41, 5.74) is 2.61. The van der Waals surface area contributed by atoms with Gasteiger partial charge in [0.15, 0.2) is 5.13 Å². The smallest absolute Gasteiger partial charge is 0.214 e. The molecule has 0 saturated carbocycles. The molecular formula is C14H10FN3S. The maximum absolute atomic E-state index is 13.0. The van der Waals surface area contributed by atoms with Gasteiger partial charge in [0.2, 0.25) is 5.95 Å². The number of hydrogen-bond acceptors (Lipinski definition) is 4. The van der Waals surface area contributed by atoms with E-state index in [4.69, 9.17) is 0 Å². The van der Waals surface area contributed by atoms with Gasteiger partial charge >= 0.3 is 0 Å². The molecule has 0 saturated heterocycles. The van der Waals surface area contributed by atoms with Crippen molar-refractivity contribution in [2.24, 2.45) is 0 Å². The van der Waals surface area contributed by atoms with E-state index in [1.807, 2.05) is 35.7 Å². The Bertz CT molecular complexity index is 682. The lowest BCUT2D eigenvalue weighted by molar-refractivity contribution is 0.584. The van der Waals surface area contributed by atoms with E-state index in [2.05, 4.69) is 15.3 Å². The summed E-state index contributed by atoms with van der Waals surface area (Å²) in [6.45, 7) is 0. The van der Waals surface area contributed by atoms with Gasteiger partial charge in [0.25, 0.3) is 0 Å². The van der Waals surface area contributed by atoms with Crippen molar-refractivity contribution in [3.63, 3.8) is 0 Å². The van der Waals surface area contributed by atoms with Crippen LogP contribution in [0.2, 0.25) is 0 Å². The Morgan fingerprint density at radius 3 is 2.74 bits per heavy atom. The summed E-state index contributed by atoms with van der Waals surface area (Å²) in [4.78, 5) is 7.98. The summed E-state index contributed by atoms with van der Waals surface area (Å²) in [6, 6.07) is 13.0. The van der Waals surface area contributed by atoms with Crippen molar-refractivity contribution in [1.29, 1.82) is 0 Å². The zero-order chi connectivity index (χ0) is 13.1. The highest BCUT2D eigenvalue weighted by molar-refractivity contribution is 7.14. The number of aromatic nitrogens is 2. The highest BCUT2D eigenvalue weighted by atomic mass is 32.1. The molecule has 0 atom stereocenters. The fourth-order valence-corrected chi connectivity index (χ4v) is 2.42. The third kappa shape index (κ3) is 2.77. The summed E-state index contributed by atoms with van der Waals surface area (Å²) in [5, 5.41) is 5.76. The van der Waals surface area contributed by atoms with E-state index >= 15 is 0 Å². The van der Waals surface area contributed by atoms with Crippen LogP contribution in [0.4, 0.5) is 15.2 Å². The summed E-state index contributed by atoms with van der Waals surface area (Å²) < 4.78 is 13.0. The second kappa shape index (κ2) is 5.16. The van der Waals surface area contributed by atoms with Gasteiger partial charge in [0.1, 0.15) is 0 Å². The fraction of sp³-hybridized carbons (Fsp3) is 0. The molecule has 3 nitrogen and oxygen atoms in total. The highest BCUT2D eigenvalue weighted by Gasteiger charge is 2.04. The number of rotatable bonds is 3. The van der Waals surface area contributed by atoms with E-state index in [1.165, 1.54) is 23.6 Å². The van der Waals surface area contributed by atoms with Gasteiger partial charge in [-0.3, -0.25) is 0 Å². The molecule has 1 aromatic carbocycles. The minimum absolute atomic E-state index is 0.509. The van der Waals surface area contributed by atoms with E-state index in [9.17, 15) is 4.39 Å². The predicted octanol–water partition coefficient (Wildman–Crippen LogP) is 4.09. The average Bonchev–Trinajstić information content (AvgIpc) is 2.88. The van der Waals surface area contributed by atoms with Gasteiger partial charge in [0, 0.05) is 28.9 Å². The molecule has 5 heteroatoms. The van der Waals surface area contributed by atoms with Crippen LogP contribution in [0.1, 0.15) is 0 Å². The van der Waals surface area contributed by atoms with E-state index in [1.54, 1.807) is 6.07 Å². The lowest BCUT2D eigenvalue weighted by atomic mass is 10.2. The van der Waals surface area contributed by atoms with E-state index < -0.39 is 5.95 Å². The van der Waals surface area contributed by atoms with Crippen LogP contribution in [-0.4, -0.2) is 9.97 Å². The number of nitrogens with one attached hydrogen (secondary N) is 1.